The lowest BCUT2D eigenvalue weighted by Gasteiger charge is -2.35. The van der Waals surface area contributed by atoms with E-state index in [4.69, 9.17) is 5.73 Å². The molecular weight excluding hydrogens is 198 g/mol. The first-order chi connectivity index (χ1) is 7.74. The van der Waals surface area contributed by atoms with Gasteiger partial charge in [0.05, 0.1) is 6.10 Å². The summed E-state index contributed by atoms with van der Waals surface area (Å²) in [6, 6.07) is 8.24. The lowest BCUT2D eigenvalue weighted by atomic mass is 9.74. The number of aliphatic hydroxyl groups is 1. The van der Waals surface area contributed by atoms with Gasteiger partial charge in [0.1, 0.15) is 0 Å². The topological polar surface area (TPSA) is 46.2 Å². The molecule has 1 aliphatic rings. The Kier molecular flexibility index (Phi) is 3.62. The molecule has 2 rings (SSSR count). The molecule has 0 bridgehead atoms. The van der Waals surface area contributed by atoms with Crippen molar-refractivity contribution in [2.45, 2.75) is 38.2 Å². The minimum Gasteiger partial charge on any atom is -0.392 e. The van der Waals surface area contributed by atoms with E-state index in [2.05, 4.69) is 19.1 Å². The highest BCUT2D eigenvalue weighted by molar-refractivity contribution is 5.30. The number of aliphatic hydroxyl groups excluding tert-OH is 1. The lowest BCUT2D eigenvalue weighted by molar-refractivity contribution is 0.0418. The van der Waals surface area contributed by atoms with E-state index in [0.717, 1.165) is 12.8 Å². The number of aryl methyl sites for hydroxylation is 1. The van der Waals surface area contributed by atoms with Gasteiger partial charge in [-0.3, -0.25) is 0 Å². The maximum absolute atomic E-state index is 10.3. The highest BCUT2D eigenvalue weighted by Crippen LogP contribution is 2.36. The van der Waals surface area contributed by atoms with Crippen LogP contribution in [0.25, 0.3) is 0 Å². The minimum atomic E-state index is -0.264. The molecule has 1 aromatic carbocycles. The molecule has 1 aliphatic carbocycles. The fraction of sp³-hybridized carbons (Fsp3) is 0.571. The smallest absolute Gasteiger partial charge is 0.0649 e. The summed E-state index contributed by atoms with van der Waals surface area (Å²) in [5.74, 6) is 0.569. The van der Waals surface area contributed by atoms with Gasteiger partial charge >= 0.3 is 0 Å². The molecule has 2 unspecified atom stereocenters. The summed E-state index contributed by atoms with van der Waals surface area (Å²) in [7, 11) is 0. The zero-order valence-electron chi connectivity index (χ0n) is 9.89. The van der Waals surface area contributed by atoms with Gasteiger partial charge < -0.3 is 10.8 Å². The summed E-state index contributed by atoms with van der Waals surface area (Å²) in [5.41, 5.74) is 8.28. The second kappa shape index (κ2) is 4.98. The van der Waals surface area contributed by atoms with Gasteiger partial charge in [0, 0.05) is 12.5 Å². The van der Waals surface area contributed by atoms with Crippen molar-refractivity contribution in [3.05, 3.63) is 35.4 Å². The second-order valence-electron chi connectivity index (χ2n) is 4.88. The monoisotopic (exact) mass is 219 g/mol. The van der Waals surface area contributed by atoms with Crippen molar-refractivity contribution in [2.24, 2.45) is 11.7 Å². The Morgan fingerprint density at radius 3 is 2.56 bits per heavy atom. The van der Waals surface area contributed by atoms with Crippen LogP contribution in [0.5, 0.6) is 0 Å². The summed E-state index contributed by atoms with van der Waals surface area (Å²) in [6.45, 7) is 2.62. The van der Waals surface area contributed by atoms with Crippen molar-refractivity contribution in [1.82, 2.24) is 0 Å². The van der Waals surface area contributed by atoms with Crippen LogP contribution in [0.3, 0.4) is 0 Å². The molecule has 1 aromatic rings. The molecule has 0 heterocycles. The van der Waals surface area contributed by atoms with Crippen molar-refractivity contribution < 1.29 is 5.11 Å². The van der Waals surface area contributed by atoms with Crippen molar-refractivity contribution in [3.63, 3.8) is 0 Å². The van der Waals surface area contributed by atoms with Gasteiger partial charge in [-0.15, -0.1) is 0 Å². The van der Waals surface area contributed by atoms with E-state index in [1.54, 1.807) is 0 Å². The van der Waals surface area contributed by atoms with E-state index < -0.39 is 0 Å². The molecule has 0 saturated heterocycles. The van der Waals surface area contributed by atoms with E-state index in [1.807, 2.05) is 12.1 Å². The molecule has 2 heteroatoms. The summed E-state index contributed by atoms with van der Waals surface area (Å²) in [6.07, 6.45) is 3.31. The average Bonchev–Trinajstić information content (AvgIpc) is 2.19. The largest absolute Gasteiger partial charge is 0.392 e. The average molecular weight is 219 g/mol. The number of rotatable bonds is 4. The minimum absolute atomic E-state index is 0.103. The number of hydrogen-bond donors (Lipinski definition) is 2. The van der Waals surface area contributed by atoms with Crippen LogP contribution in [0.4, 0.5) is 0 Å². The zero-order valence-corrected chi connectivity index (χ0v) is 9.89. The van der Waals surface area contributed by atoms with Crippen molar-refractivity contribution in [3.8, 4) is 0 Å². The van der Waals surface area contributed by atoms with E-state index in [1.165, 1.54) is 17.5 Å². The highest BCUT2D eigenvalue weighted by Gasteiger charge is 2.32. The molecule has 0 spiro atoms. The number of benzene rings is 1. The Balaban J connectivity index is 2.18. The first-order valence-electron chi connectivity index (χ1n) is 6.17. The van der Waals surface area contributed by atoms with Crippen molar-refractivity contribution in [2.75, 3.05) is 6.54 Å². The van der Waals surface area contributed by atoms with Crippen molar-refractivity contribution in [1.29, 1.82) is 0 Å². The first-order valence-corrected chi connectivity index (χ1v) is 6.17. The Morgan fingerprint density at radius 1 is 1.38 bits per heavy atom. The third-order valence-corrected chi connectivity index (χ3v) is 3.89. The van der Waals surface area contributed by atoms with Gasteiger partial charge in [-0.2, -0.15) is 0 Å². The Morgan fingerprint density at radius 2 is 2.06 bits per heavy atom. The van der Waals surface area contributed by atoms with Gasteiger partial charge in [-0.1, -0.05) is 30.7 Å². The van der Waals surface area contributed by atoms with E-state index in [0.29, 0.717) is 12.5 Å². The molecule has 3 N–H and O–H groups in total. The van der Waals surface area contributed by atoms with Crippen LogP contribution in [-0.2, 0) is 0 Å². The predicted molar refractivity (Wildman–Crippen MR) is 66.3 cm³/mol. The van der Waals surface area contributed by atoms with E-state index in [9.17, 15) is 5.11 Å². The summed E-state index contributed by atoms with van der Waals surface area (Å²) in [5, 5.41) is 10.3. The fourth-order valence-corrected chi connectivity index (χ4v) is 2.56. The molecule has 0 aliphatic heterocycles. The molecular formula is C14H21NO. The van der Waals surface area contributed by atoms with Crippen LogP contribution in [0.1, 0.15) is 36.3 Å². The van der Waals surface area contributed by atoms with Gasteiger partial charge in [0.2, 0.25) is 0 Å². The second-order valence-corrected chi connectivity index (χ2v) is 4.88. The first kappa shape index (κ1) is 11.6. The quantitative estimate of drug-likeness (QED) is 0.815. The Hall–Kier alpha value is -0.860. The Labute approximate surface area is 97.5 Å². The molecule has 88 valence electrons. The van der Waals surface area contributed by atoms with Crippen LogP contribution in [0, 0.1) is 12.8 Å². The van der Waals surface area contributed by atoms with Gasteiger partial charge in [0.15, 0.2) is 0 Å². The standard InChI is InChI=1S/C14H21NO/c1-10-5-2-3-8-12(10)13(9-15)14(16)11-6-4-7-11/h2-3,5,8,11,13-14,16H,4,6-7,9,15H2,1H3. The fourth-order valence-electron chi connectivity index (χ4n) is 2.56. The number of hydrogen-bond acceptors (Lipinski definition) is 2. The molecule has 0 aromatic heterocycles. The predicted octanol–water partition coefficient (Wildman–Crippen LogP) is 2.20. The molecule has 0 amide bonds. The zero-order chi connectivity index (χ0) is 11.5. The van der Waals surface area contributed by atoms with Crippen LogP contribution < -0.4 is 5.73 Å². The third-order valence-electron chi connectivity index (χ3n) is 3.89. The molecule has 2 nitrogen and oxygen atoms in total. The number of nitrogens with two attached hydrogens (primary N) is 1. The normalized spacial score (nSPS) is 20.2. The maximum Gasteiger partial charge on any atom is 0.0649 e. The van der Waals surface area contributed by atoms with Crippen LogP contribution in [0.2, 0.25) is 0 Å². The van der Waals surface area contributed by atoms with Gasteiger partial charge in [-0.05, 0) is 36.8 Å². The third kappa shape index (κ3) is 2.13. The maximum atomic E-state index is 10.3. The van der Waals surface area contributed by atoms with Gasteiger partial charge in [0.25, 0.3) is 0 Å². The molecule has 1 saturated carbocycles. The molecule has 2 atom stereocenters. The van der Waals surface area contributed by atoms with Crippen molar-refractivity contribution >= 4 is 0 Å². The summed E-state index contributed by atoms with van der Waals surface area (Å²) < 4.78 is 0. The van der Waals surface area contributed by atoms with Gasteiger partial charge in [-0.25, -0.2) is 0 Å². The Bertz CT molecular complexity index is 346. The lowest BCUT2D eigenvalue weighted by Crippen LogP contribution is -2.36. The molecule has 0 radical (unpaired) electrons. The summed E-state index contributed by atoms with van der Waals surface area (Å²) in [4.78, 5) is 0. The molecule has 1 fully saturated rings. The van der Waals surface area contributed by atoms with Crippen LogP contribution >= 0.6 is 0 Å². The SMILES string of the molecule is Cc1ccccc1C(CN)C(O)C1CCC1. The highest BCUT2D eigenvalue weighted by atomic mass is 16.3. The molecule has 16 heavy (non-hydrogen) atoms. The van der Waals surface area contributed by atoms with E-state index >= 15 is 0 Å². The summed E-state index contributed by atoms with van der Waals surface area (Å²) >= 11 is 0. The van der Waals surface area contributed by atoms with Crippen LogP contribution in [0.15, 0.2) is 24.3 Å². The van der Waals surface area contributed by atoms with Crippen LogP contribution in [-0.4, -0.2) is 17.8 Å². The van der Waals surface area contributed by atoms with E-state index in [-0.39, 0.29) is 12.0 Å².